The number of ether oxygens (including phenoxy) is 3. The molecular weight excluding hydrogens is 373 g/mol. The lowest BCUT2D eigenvalue weighted by Crippen LogP contribution is -2.27. The van der Waals surface area contributed by atoms with Crippen LogP contribution in [0.5, 0.6) is 17.2 Å². The van der Waals surface area contributed by atoms with Gasteiger partial charge in [0.15, 0.2) is 11.5 Å². The van der Waals surface area contributed by atoms with Gasteiger partial charge in [-0.3, -0.25) is 0 Å². The molecule has 0 saturated heterocycles. The predicted octanol–water partition coefficient (Wildman–Crippen LogP) is 5.77. The number of rotatable bonds is 8. The molecule has 0 radical (unpaired) electrons. The van der Waals surface area contributed by atoms with E-state index in [0.717, 1.165) is 12.1 Å². The Labute approximate surface area is 161 Å². The van der Waals surface area contributed by atoms with E-state index in [1.54, 1.807) is 43.3 Å². The maximum atomic E-state index is 12.7. The largest absolute Gasteiger partial charge is 0.471 e. The standard InChI is InChI=1S/C21H21F3O4/c1-3-5-8-19(20(25)26-4-2)28-18-10-7-6-9-17(18)27-16-13-11-15(12-14-16)21(22,23)24/h5-14,19H,3-4H2,1-2H3. The van der Waals surface area contributed by atoms with Crippen molar-refractivity contribution in [1.29, 1.82) is 0 Å². The first-order chi connectivity index (χ1) is 13.3. The van der Waals surface area contributed by atoms with Gasteiger partial charge in [0.05, 0.1) is 12.2 Å². The number of para-hydroxylation sites is 2. The van der Waals surface area contributed by atoms with Crippen molar-refractivity contribution >= 4 is 5.97 Å². The molecule has 0 aliphatic heterocycles. The minimum atomic E-state index is -4.42. The smallest absolute Gasteiger partial charge is 0.416 e. The van der Waals surface area contributed by atoms with Gasteiger partial charge in [0.1, 0.15) is 5.75 Å². The number of alkyl halides is 3. The molecule has 1 atom stereocenters. The van der Waals surface area contributed by atoms with Gasteiger partial charge in [-0.05, 0) is 55.8 Å². The number of esters is 1. The Morgan fingerprint density at radius 3 is 2.25 bits per heavy atom. The predicted molar refractivity (Wildman–Crippen MR) is 98.4 cm³/mol. The maximum absolute atomic E-state index is 12.7. The third kappa shape index (κ3) is 6.04. The molecule has 2 aromatic carbocycles. The number of carbonyl (C=O) groups is 1. The molecule has 4 nitrogen and oxygen atoms in total. The third-order valence-electron chi connectivity index (χ3n) is 3.58. The summed E-state index contributed by atoms with van der Waals surface area (Å²) in [7, 11) is 0. The van der Waals surface area contributed by atoms with Crippen LogP contribution in [0.25, 0.3) is 0 Å². The highest BCUT2D eigenvalue weighted by Gasteiger charge is 2.30. The fraction of sp³-hybridized carbons (Fsp3) is 0.286. The molecule has 7 heteroatoms. The molecule has 0 N–H and O–H groups in total. The van der Waals surface area contributed by atoms with Gasteiger partial charge in [0.2, 0.25) is 6.10 Å². The Kier molecular flexibility index (Phi) is 7.49. The monoisotopic (exact) mass is 394 g/mol. The summed E-state index contributed by atoms with van der Waals surface area (Å²) < 4.78 is 54.5. The van der Waals surface area contributed by atoms with Gasteiger partial charge in [-0.25, -0.2) is 4.79 Å². The lowest BCUT2D eigenvalue weighted by Gasteiger charge is -2.17. The van der Waals surface area contributed by atoms with Crippen LogP contribution in [-0.4, -0.2) is 18.7 Å². The normalized spacial score (nSPS) is 12.6. The molecule has 2 rings (SSSR count). The fourth-order valence-corrected chi connectivity index (χ4v) is 2.26. The third-order valence-corrected chi connectivity index (χ3v) is 3.58. The second-order valence-corrected chi connectivity index (χ2v) is 5.70. The van der Waals surface area contributed by atoms with Crippen LogP contribution in [0.1, 0.15) is 25.8 Å². The van der Waals surface area contributed by atoms with E-state index < -0.39 is 23.8 Å². The van der Waals surface area contributed by atoms with Gasteiger partial charge >= 0.3 is 12.1 Å². The SMILES string of the molecule is CCC=CC(Oc1ccccc1Oc1ccc(C(F)(F)F)cc1)C(=O)OCC. The van der Waals surface area contributed by atoms with E-state index in [-0.39, 0.29) is 23.9 Å². The lowest BCUT2D eigenvalue weighted by molar-refractivity contribution is -0.149. The average molecular weight is 394 g/mol. The summed E-state index contributed by atoms with van der Waals surface area (Å²) in [5, 5.41) is 0. The topological polar surface area (TPSA) is 44.8 Å². The van der Waals surface area contributed by atoms with Crippen LogP contribution in [0.15, 0.2) is 60.7 Å². The summed E-state index contributed by atoms with van der Waals surface area (Å²) in [5.41, 5.74) is -0.767. The van der Waals surface area contributed by atoms with Crippen molar-refractivity contribution in [1.82, 2.24) is 0 Å². The molecule has 0 aliphatic rings. The van der Waals surface area contributed by atoms with Gasteiger partial charge < -0.3 is 14.2 Å². The summed E-state index contributed by atoms with van der Waals surface area (Å²) in [6.07, 6.45) is -1.30. The van der Waals surface area contributed by atoms with Crippen molar-refractivity contribution in [3.8, 4) is 17.2 Å². The Morgan fingerprint density at radius 2 is 1.68 bits per heavy atom. The Morgan fingerprint density at radius 1 is 1.04 bits per heavy atom. The summed E-state index contributed by atoms with van der Waals surface area (Å²) in [4.78, 5) is 12.1. The number of allylic oxidation sites excluding steroid dienone is 1. The molecule has 1 unspecified atom stereocenters. The zero-order valence-corrected chi connectivity index (χ0v) is 15.5. The highest BCUT2D eigenvalue weighted by atomic mass is 19.4. The van der Waals surface area contributed by atoms with E-state index >= 15 is 0 Å². The Balaban J connectivity index is 2.21. The van der Waals surface area contributed by atoms with Crippen LogP contribution in [0.4, 0.5) is 13.2 Å². The zero-order chi connectivity index (χ0) is 20.6. The van der Waals surface area contributed by atoms with E-state index in [2.05, 4.69) is 0 Å². The van der Waals surface area contributed by atoms with Crippen molar-refractivity contribution in [2.24, 2.45) is 0 Å². The van der Waals surface area contributed by atoms with Crippen molar-refractivity contribution in [3.63, 3.8) is 0 Å². The van der Waals surface area contributed by atoms with E-state index in [1.807, 2.05) is 6.92 Å². The molecule has 0 saturated carbocycles. The second kappa shape index (κ2) is 9.82. The van der Waals surface area contributed by atoms with Crippen LogP contribution >= 0.6 is 0 Å². The maximum Gasteiger partial charge on any atom is 0.416 e. The number of carbonyl (C=O) groups excluding carboxylic acids is 1. The molecule has 0 fully saturated rings. The first kappa shape index (κ1) is 21.3. The van der Waals surface area contributed by atoms with Gasteiger partial charge in [-0.2, -0.15) is 13.2 Å². The van der Waals surface area contributed by atoms with Gasteiger partial charge in [0, 0.05) is 0 Å². The summed E-state index contributed by atoms with van der Waals surface area (Å²) in [6.45, 7) is 3.82. The van der Waals surface area contributed by atoms with Gasteiger partial charge in [-0.1, -0.05) is 25.1 Å². The van der Waals surface area contributed by atoms with Crippen molar-refractivity contribution in [2.45, 2.75) is 32.5 Å². The molecule has 0 heterocycles. The van der Waals surface area contributed by atoms with E-state index in [9.17, 15) is 18.0 Å². The Bertz CT molecular complexity index is 798. The van der Waals surface area contributed by atoms with E-state index in [4.69, 9.17) is 14.2 Å². The molecule has 0 amide bonds. The number of benzene rings is 2. The van der Waals surface area contributed by atoms with Crippen LogP contribution in [0.2, 0.25) is 0 Å². The fourth-order valence-electron chi connectivity index (χ4n) is 2.26. The molecule has 0 spiro atoms. The zero-order valence-electron chi connectivity index (χ0n) is 15.5. The minimum absolute atomic E-state index is 0.209. The van der Waals surface area contributed by atoms with Gasteiger partial charge in [-0.15, -0.1) is 0 Å². The molecular formula is C21H21F3O4. The molecule has 150 valence electrons. The van der Waals surface area contributed by atoms with Crippen LogP contribution in [0, 0.1) is 0 Å². The van der Waals surface area contributed by atoms with Crippen LogP contribution in [0.3, 0.4) is 0 Å². The van der Waals surface area contributed by atoms with E-state index in [1.165, 1.54) is 12.1 Å². The second-order valence-electron chi connectivity index (χ2n) is 5.70. The average Bonchev–Trinajstić information content (AvgIpc) is 2.66. The molecule has 28 heavy (non-hydrogen) atoms. The molecule has 0 bridgehead atoms. The molecule has 0 aliphatic carbocycles. The van der Waals surface area contributed by atoms with Crippen molar-refractivity contribution in [2.75, 3.05) is 6.61 Å². The van der Waals surface area contributed by atoms with Crippen molar-refractivity contribution in [3.05, 3.63) is 66.2 Å². The number of halogens is 3. The first-order valence-corrected chi connectivity index (χ1v) is 8.79. The molecule has 2 aromatic rings. The van der Waals surface area contributed by atoms with Crippen molar-refractivity contribution < 1.29 is 32.2 Å². The lowest BCUT2D eigenvalue weighted by atomic mass is 10.2. The highest BCUT2D eigenvalue weighted by molar-refractivity contribution is 5.77. The minimum Gasteiger partial charge on any atom is -0.471 e. The van der Waals surface area contributed by atoms with Crippen LogP contribution in [-0.2, 0) is 15.7 Å². The number of hydrogen-bond acceptors (Lipinski definition) is 4. The highest BCUT2D eigenvalue weighted by Crippen LogP contribution is 2.34. The quantitative estimate of drug-likeness (QED) is 0.421. The van der Waals surface area contributed by atoms with E-state index in [0.29, 0.717) is 6.42 Å². The summed E-state index contributed by atoms with van der Waals surface area (Å²) in [5.74, 6) is 0.194. The first-order valence-electron chi connectivity index (χ1n) is 8.79. The van der Waals surface area contributed by atoms with Gasteiger partial charge in [0.25, 0.3) is 0 Å². The molecule has 0 aromatic heterocycles. The number of hydrogen-bond donors (Lipinski definition) is 0. The summed E-state index contributed by atoms with van der Waals surface area (Å²) in [6, 6.07) is 10.9. The Hall–Kier alpha value is -2.96. The summed E-state index contributed by atoms with van der Waals surface area (Å²) >= 11 is 0. The van der Waals surface area contributed by atoms with Crippen LogP contribution < -0.4 is 9.47 Å².